The first-order chi connectivity index (χ1) is 11.2. The van der Waals surface area contributed by atoms with E-state index in [2.05, 4.69) is 20.5 Å². The average Bonchev–Trinajstić information content (AvgIpc) is 3.16. The molecule has 8 heteroatoms. The molecule has 1 N–H and O–H groups in total. The summed E-state index contributed by atoms with van der Waals surface area (Å²) in [6, 6.07) is 10.6. The lowest BCUT2D eigenvalue weighted by atomic mass is 10.2. The van der Waals surface area contributed by atoms with Crippen molar-refractivity contribution in [1.82, 2.24) is 15.2 Å². The smallest absolute Gasteiger partial charge is 0.322 e. The normalized spacial score (nSPS) is 11.0. The molecule has 4 rings (SSSR count). The molecule has 2 aromatic heterocycles. The van der Waals surface area contributed by atoms with Crippen LogP contribution in [-0.4, -0.2) is 15.2 Å². The molecule has 114 valence electrons. The SMILES string of the molecule is Fc1ccc(-c2nnc(Nc3nc4c(F)cccc4s3)o2)cc1. The van der Waals surface area contributed by atoms with Gasteiger partial charge in [0.15, 0.2) is 5.13 Å². The van der Waals surface area contributed by atoms with Crippen molar-refractivity contribution in [2.75, 3.05) is 5.32 Å². The van der Waals surface area contributed by atoms with Crippen LogP contribution >= 0.6 is 11.3 Å². The standard InChI is InChI=1S/C15H8F2N4OS/c16-9-6-4-8(5-7-9)13-20-21-14(22-13)19-15-18-12-10(17)2-1-3-11(12)23-15/h1-7H,(H,18,19,21). The van der Waals surface area contributed by atoms with E-state index in [1.807, 2.05) is 0 Å². The zero-order valence-electron chi connectivity index (χ0n) is 11.5. The van der Waals surface area contributed by atoms with Gasteiger partial charge in [0.1, 0.15) is 17.2 Å². The van der Waals surface area contributed by atoms with Crippen LogP contribution in [0.4, 0.5) is 19.9 Å². The van der Waals surface area contributed by atoms with Gasteiger partial charge in [-0.1, -0.05) is 22.5 Å². The number of halogens is 2. The number of para-hydroxylation sites is 1. The summed E-state index contributed by atoms with van der Waals surface area (Å²) in [4.78, 5) is 4.16. The lowest BCUT2D eigenvalue weighted by Gasteiger charge is -1.95. The Morgan fingerprint density at radius 2 is 1.83 bits per heavy atom. The molecule has 0 unspecified atom stereocenters. The van der Waals surface area contributed by atoms with Crippen LogP contribution in [0.1, 0.15) is 0 Å². The van der Waals surface area contributed by atoms with Gasteiger partial charge in [0, 0.05) is 5.56 Å². The number of benzene rings is 2. The van der Waals surface area contributed by atoms with Crippen molar-refractivity contribution >= 4 is 32.7 Å². The van der Waals surface area contributed by atoms with Crippen LogP contribution in [0.3, 0.4) is 0 Å². The first-order valence-electron chi connectivity index (χ1n) is 6.60. The molecule has 23 heavy (non-hydrogen) atoms. The fourth-order valence-corrected chi connectivity index (χ4v) is 2.91. The Hall–Kier alpha value is -2.87. The number of rotatable bonds is 3. The predicted octanol–water partition coefficient (Wildman–Crippen LogP) is 4.37. The van der Waals surface area contributed by atoms with Crippen molar-refractivity contribution in [2.45, 2.75) is 0 Å². The summed E-state index contributed by atoms with van der Waals surface area (Å²) in [5.41, 5.74) is 0.889. The largest absolute Gasteiger partial charge is 0.403 e. The molecule has 0 fully saturated rings. The molecule has 2 heterocycles. The predicted molar refractivity (Wildman–Crippen MR) is 82.6 cm³/mol. The highest BCUT2D eigenvalue weighted by atomic mass is 32.1. The quantitative estimate of drug-likeness (QED) is 0.604. The summed E-state index contributed by atoms with van der Waals surface area (Å²) in [7, 11) is 0. The highest BCUT2D eigenvalue weighted by molar-refractivity contribution is 7.22. The average molecular weight is 330 g/mol. The Morgan fingerprint density at radius 1 is 1.00 bits per heavy atom. The molecular formula is C15H8F2N4OS. The maximum absolute atomic E-state index is 13.6. The zero-order valence-corrected chi connectivity index (χ0v) is 12.3. The molecular weight excluding hydrogens is 322 g/mol. The highest BCUT2D eigenvalue weighted by Gasteiger charge is 2.12. The number of thiazole rings is 1. The van der Waals surface area contributed by atoms with Gasteiger partial charge in [0.05, 0.1) is 4.70 Å². The van der Waals surface area contributed by atoms with Gasteiger partial charge in [-0.2, -0.15) is 0 Å². The van der Waals surface area contributed by atoms with E-state index in [1.54, 1.807) is 24.3 Å². The van der Waals surface area contributed by atoms with Gasteiger partial charge in [-0.25, -0.2) is 13.8 Å². The van der Waals surface area contributed by atoms with E-state index in [0.717, 1.165) is 0 Å². The van der Waals surface area contributed by atoms with Gasteiger partial charge < -0.3 is 4.42 Å². The van der Waals surface area contributed by atoms with Crippen LogP contribution in [0.2, 0.25) is 0 Å². The topological polar surface area (TPSA) is 63.8 Å². The lowest BCUT2D eigenvalue weighted by molar-refractivity contribution is 0.586. The van der Waals surface area contributed by atoms with Crippen molar-refractivity contribution in [3.63, 3.8) is 0 Å². The molecule has 0 aliphatic carbocycles. The number of nitrogens with one attached hydrogen (secondary N) is 1. The number of nitrogens with zero attached hydrogens (tertiary/aromatic N) is 3. The van der Waals surface area contributed by atoms with Crippen molar-refractivity contribution in [3.05, 3.63) is 54.1 Å². The number of hydrogen-bond acceptors (Lipinski definition) is 6. The second-order valence-electron chi connectivity index (χ2n) is 4.65. The maximum Gasteiger partial charge on any atom is 0.322 e. The Morgan fingerprint density at radius 3 is 2.61 bits per heavy atom. The summed E-state index contributed by atoms with van der Waals surface area (Å²) in [5, 5.41) is 11.0. The van der Waals surface area contributed by atoms with Gasteiger partial charge in [-0.3, -0.25) is 5.32 Å². The van der Waals surface area contributed by atoms with Crippen molar-refractivity contribution < 1.29 is 13.2 Å². The van der Waals surface area contributed by atoms with Crippen LogP contribution in [0.25, 0.3) is 21.7 Å². The van der Waals surface area contributed by atoms with E-state index < -0.39 is 0 Å². The van der Waals surface area contributed by atoms with Crippen LogP contribution < -0.4 is 5.32 Å². The molecule has 0 radical (unpaired) electrons. The number of fused-ring (bicyclic) bond motifs is 1. The summed E-state index contributed by atoms with van der Waals surface area (Å²) < 4.78 is 32.7. The van der Waals surface area contributed by atoms with E-state index in [-0.39, 0.29) is 23.5 Å². The monoisotopic (exact) mass is 330 g/mol. The number of aromatic nitrogens is 3. The number of hydrogen-bond donors (Lipinski definition) is 1. The zero-order chi connectivity index (χ0) is 15.8. The molecule has 0 bridgehead atoms. The van der Waals surface area contributed by atoms with E-state index >= 15 is 0 Å². The van der Waals surface area contributed by atoms with Crippen LogP contribution in [0.5, 0.6) is 0 Å². The van der Waals surface area contributed by atoms with E-state index in [1.165, 1.54) is 29.5 Å². The molecule has 0 aliphatic rings. The van der Waals surface area contributed by atoms with Crippen LogP contribution in [-0.2, 0) is 0 Å². The lowest BCUT2D eigenvalue weighted by Crippen LogP contribution is -1.89. The van der Waals surface area contributed by atoms with Crippen molar-refractivity contribution in [2.24, 2.45) is 0 Å². The molecule has 5 nitrogen and oxygen atoms in total. The first-order valence-corrected chi connectivity index (χ1v) is 7.42. The van der Waals surface area contributed by atoms with Crippen molar-refractivity contribution in [1.29, 1.82) is 0 Å². The van der Waals surface area contributed by atoms with Crippen LogP contribution in [0.15, 0.2) is 46.9 Å². The molecule has 0 saturated carbocycles. The Kier molecular flexibility index (Phi) is 3.23. The summed E-state index contributed by atoms with van der Waals surface area (Å²) in [5.74, 6) is -0.479. The third kappa shape index (κ3) is 2.64. The van der Waals surface area contributed by atoms with E-state index in [4.69, 9.17) is 4.42 Å². The van der Waals surface area contributed by atoms with Gasteiger partial charge in [-0.15, -0.1) is 5.10 Å². The minimum absolute atomic E-state index is 0.129. The van der Waals surface area contributed by atoms with Crippen LogP contribution in [0, 0.1) is 11.6 Å². The molecule has 0 saturated heterocycles. The minimum Gasteiger partial charge on any atom is -0.403 e. The molecule has 0 atom stereocenters. The van der Waals surface area contributed by atoms with E-state index in [9.17, 15) is 8.78 Å². The number of anilines is 2. The highest BCUT2D eigenvalue weighted by Crippen LogP contribution is 2.30. The van der Waals surface area contributed by atoms with E-state index in [0.29, 0.717) is 20.9 Å². The molecule has 2 aromatic carbocycles. The summed E-state index contributed by atoms with van der Waals surface area (Å²) >= 11 is 1.27. The maximum atomic E-state index is 13.6. The third-order valence-electron chi connectivity index (χ3n) is 3.10. The van der Waals surface area contributed by atoms with Gasteiger partial charge in [-0.05, 0) is 36.4 Å². The first kappa shape index (κ1) is 13.8. The van der Waals surface area contributed by atoms with Gasteiger partial charge in [0.2, 0.25) is 5.89 Å². The summed E-state index contributed by atoms with van der Waals surface area (Å²) in [6.07, 6.45) is 0. The molecule has 0 amide bonds. The second-order valence-corrected chi connectivity index (χ2v) is 5.68. The van der Waals surface area contributed by atoms with Crippen molar-refractivity contribution in [3.8, 4) is 11.5 Å². The van der Waals surface area contributed by atoms with Gasteiger partial charge in [0.25, 0.3) is 0 Å². The molecule has 4 aromatic rings. The summed E-state index contributed by atoms with van der Waals surface area (Å²) in [6.45, 7) is 0. The minimum atomic E-state index is -0.385. The molecule has 0 aliphatic heterocycles. The fourth-order valence-electron chi connectivity index (χ4n) is 2.04. The fraction of sp³-hybridized carbons (Fsp3) is 0. The molecule has 0 spiro atoms. The Balaban J connectivity index is 1.61. The third-order valence-corrected chi connectivity index (χ3v) is 4.04. The second kappa shape index (κ2) is 5.40. The Bertz CT molecular complexity index is 981. The Labute approximate surface area is 132 Å². The van der Waals surface area contributed by atoms with Gasteiger partial charge >= 0.3 is 6.01 Å².